The fraction of sp³-hybridized carbons (Fsp3) is 0.105. The number of hydrogen-bond donors (Lipinski definition) is 2. The zero-order valence-electron chi connectivity index (χ0n) is 14.9. The van der Waals surface area contributed by atoms with Gasteiger partial charge in [-0.05, 0) is 36.4 Å². The third-order valence-electron chi connectivity index (χ3n) is 4.41. The number of amides is 1. The van der Waals surface area contributed by atoms with Gasteiger partial charge >= 0.3 is 5.76 Å². The molecule has 0 fully saturated rings. The lowest BCUT2D eigenvalue weighted by Gasteiger charge is -2.10. The van der Waals surface area contributed by atoms with E-state index in [-0.39, 0.29) is 11.7 Å². The van der Waals surface area contributed by atoms with Crippen molar-refractivity contribution in [3.05, 3.63) is 63.2 Å². The molecule has 142 valence electrons. The van der Waals surface area contributed by atoms with Crippen LogP contribution in [-0.4, -0.2) is 27.7 Å². The molecule has 0 atom stereocenters. The predicted octanol–water partition coefficient (Wildman–Crippen LogP) is 3.55. The summed E-state index contributed by atoms with van der Waals surface area (Å²) in [5.74, 6) is -0.0313. The second-order valence-electron chi connectivity index (χ2n) is 6.10. The van der Waals surface area contributed by atoms with Gasteiger partial charge in [-0.1, -0.05) is 21.1 Å². The lowest BCUT2D eigenvalue weighted by Crippen LogP contribution is -2.16. The average molecular weight is 443 g/mol. The Morgan fingerprint density at radius 2 is 2.07 bits per heavy atom. The number of nitrogens with zero attached hydrogens (tertiary/aromatic N) is 2. The summed E-state index contributed by atoms with van der Waals surface area (Å²) in [6, 6.07) is 12.7. The molecule has 9 heteroatoms. The molecule has 8 nitrogen and oxygen atoms in total. The summed E-state index contributed by atoms with van der Waals surface area (Å²) < 4.78 is 12.4. The Hall–Kier alpha value is -3.33. The highest BCUT2D eigenvalue weighted by Crippen LogP contribution is 2.29. The van der Waals surface area contributed by atoms with E-state index in [2.05, 4.69) is 35.9 Å². The normalized spacial score (nSPS) is 11.0. The number of benzene rings is 2. The van der Waals surface area contributed by atoms with E-state index < -0.39 is 5.76 Å². The molecule has 2 heterocycles. The number of hydrogen-bond acceptors (Lipinski definition) is 5. The molecule has 4 aromatic rings. The first-order valence-electron chi connectivity index (χ1n) is 8.27. The molecular weight excluding hydrogens is 428 g/mol. The highest BCUT2D eigenvalue weighted by Gasteiger charge is 2.17. The number of carbonyl (C=O) groups excluding carboxylic acids is 1. The van der Waals surface area contributed by atoms with Crippen LogP contribution in [0.1, 0.15) is 10.5 Å². The van der Waals surface area contributed by atoms with Gasteiger partial charge in [0.25, 0.3) is 5.91 Å². The summed E-state index contributed by atoms with van der Waals surface area (Å²) in [7, 11) is 3.41. The summed E-state index contributed by atoms with van der Waals surface area (Å²) in [6.45, 7) is 0. The van der Waals surface area contributed by atoms with Crippen molar-refractivity contribution in [2.45, 2.75) is 0 Å². The monoisotopic (exact) mass is 442 g/mol. The Labute approximate surface area is 167 Å². The van der Waals surface area contributed by atoms with E-state index in [1.54, 1.807) is 35.9 Å². The number of carbonyl (C=O) groups is 1. The van der Waals surface area contributed by atoms with Crippen LogP contribution >= 0.6 is 15.9 Å². The molecule has 0 bridgehead atoms. The van der Waals surface area contributed by atoms with E-state index in [0.717, 1.165) is 15.4 Å². The minimum atomic E-state index is -0.671. The van der Waals surface area contributed by atoms with E-state index >= 15 is 0 Å². The molecule has 2 aromatic carbocycles. The maximum Gasteiger partial charge on any atom is 0.439 e. The molecule has 2 N–H and O–H groups in total. The molecule has 0 saturated heterocycles. The molecule has 0 aliphatic rings. The van der Waals surface area contributed by atoms with Gasteiger partial charge in [0.1, 0.15) is 11.4 Å². The highest BCUT2D eigenvalue weighted by molar-refractivity contribution is 9.10. The molecule has 4 rings (SSSR count). The number of halogens is 1. The largest absolute Gasteiger partial charge is 0.497 e. The Bertz CT molecular complexity index is 1250. The second-order valence-corrected chi connectivity index (χ2v) is 7.02. The molecule has 2 aromatic heterocycles. The summed E-state index contributed by atoms with van der Waals surface area (Å²) in [5.41, 5.74) is 2.36. The van der Waals surface area contributed by atoms with Gasteiger partial charge in [-0.3, -0.25) is 14.3 Å². The summed E-state index contributed by atoms with van der Waals surface area (Å²) in [5, 5.41) is 7.50. The summed E-state index contributed by atoms with van der Waals surface area (Å²) in [6.07, 6.45) is 0. The maximum absolute atomic E-state index is 12.9. The minimum Gasteiger partial charge on any atom is -0.497 e. The number of methoxy groups -OCH3 is 1. The molecule has 0 unspecified atom stereocenters. The van der Waals surface area contributed by atoms with E-state index in [0.29, 0.717) is 22.7 Å². The van der Waals surface area contributed by atoms with Crippen LogP contribution in [-0.2, 0) is 7.05 Å². The Kier molecular flexibility index (Phi) is 4.52. The first kappa shape index (κ1) is 18.1. The molecule has 0 aliphatic heterocycles. The number of anilines is 1. The van der Waals surface area contributed by atoms with Gasteiger partial charge in [-0.25, -0.2) is 4.79 Å². The van der Waals surface area contributed by atoms with Crippen molar-refractivity contribution >= 4 is 38.4 Å². The van der Waals surface area contributed by atoms with E-state index in [1.807, 2.05) is 25.2 Å². The number of aryl methyl sites for hydroxylation is 1. The zero-order valence-corrected chi connectivity index (χ0v) is 16.5. The van der Waals surface area contributed by atoms with Crippen LogP contribution in [0.2, 0.25) is 0 Å². The quantitative estimate of drug-likeness (QED) is 0.503. The van der Waals surface area contributed by atoms with Gasteiger partial charge in [0.15, 0.2) is 5.82 Å². The van der Waals surface area contributed by atoms with Crippen LogP contribution in [0.3, 0.4) is 0 Å². The predicted molar refractivity (Wildman–Crippen MR) is 108 cm³/mol. The lowest BCUT2D eigenvalue weighted by atomic mass is 10.1. The van der Waals surface area contributed by atoms with Crippen molar-refractivity contribution in [3.63, 3.8) is 0 Å². The first-order chi connectivity index (χ1) is 13.5. The van der Waals surface area contributed by atoms with Gasteiger partial charge < -0.3 is 14.6 Å². The number of ether oxygens (including phenoxy) is 1. The van der Waals surface area contributed by atoms with Crippen LogP contribution in [0.4, 0.5) is 5.69 Å². The Morgan fingerprint density at radius 1 is 1.25 bits per heavy atom. The van der Waals surface area contributed by atoms with Crippen molar-refractivity contribution < 1.29 is 14.1 Å². The molecule has 0 spiro atoms. The Morgan fingerprint density at radius 3 is 2.79 bits per heavy atom. The van der Waals surface area contributed by atoms with E-state index in [1.165, 1.54) is 0 Å². The van der Waals surface area contributed by atoms with Gasteiger partial charge in [-0.2, -0.15) is 0 Å². The lowest BCUT2D eigenvalue weighted by molar-refractivity contribution is 0.102. The van der Waals surface area contributed by atoms with Crippen LogP contribution < -0.4 is 15.8 Å². The van der Waals surface area contributed by atoms with Gasteiger partial charge in [0, 0.05) is 28.5 Å². The van der Waals surface area contributed by atoms with Crippen molar-refractivity contribution in [1.29, 1.82) is 0 Å². The number of rotatable bonds is 4. The van der Waals surface area contributed by atoms with Gasteiger partial charge in [0.2, 0.25) is 0 Å². The van der Waals surface area contributed by atoms with Crippen LogP contribution in [0.25, 0.3) is 22.3 Å². The molecule has 0 aliphatic carbocycles. The van der Waals surface area contributed by atoms with Crippen LogP contribution in [0.5, 0.6) is 5.75 Å². The average Bonchev–Trinajstić information content (AvgIpc) is 3.26. The van der Waals surface area contributed by atoms with Gasteiger partial charge in [0.05, 0.1) is 18.3 Å². The first-order valence-corrected chi connectivity index (χ1v) is 9.06. The molecular formula is C19H15BrN4O4. The standard InChI is InChI=1S/C19H15BrN4O4/c1-24-15-9-12(27-2)5-3-10(15)7-16(24)18(25)21-14-6-4-11(20)8-13(14)17-22-19(26)28-23-17/h3-9H,1-2H3,(H,21,25)(H,22,23,26). The van der Waals surface area contributed by atoms with Crippen LogP contribution in [0.15, 0.2) is 56.3 Å². The third kappa shape index (κ3) is 3.20. The Balaban J connectivity index is 1.72. The van der Waals surface area contributed by atoms with Crippen molar-refractivity contribution in [1.82, 2.24) is 14.7 Å². The minimum absolute atomic E-state index is 0.225. The van der Waals surface area contributed by atoms with Crippen molar-refractivity contribution in [3.8, 4) is 17.1 Å². The number of H-pyrrole nitrogens is 1. The number of fused-ring (bicyclic) bond motifs is 1. The van der Waals surface area contributed by atoms with E-state index in [4.69, 9.17) is 4.74 Å². The third-order valence-corrected chi connectivity index (χ3v) is 4.90. The molecule has 28 heavy (non-hydrogen) atoms. The zero-order chi connectivity index (χ0) is 19.8. The number of nitrogens with one attached hydrogen (secondary N) is 2. The SMILES string of the molecule is COc1ccc2cc(C(=O)Nc3ccc(Br)cc3-c3noc(=O)[nH]3)n(C)c2c1. The molecule has 1 amide bonds. The highest BCUT2D eigenvalue weighted by atomic mass is 79.9. The smallest absolute Gasteiger partial charge is 0.439 e. The fourth-order valence-corrected chi connectivity index (χ4v) is 3.37. The topological polar surface area (TPSA) is 102 Å². The summed E-state index contributed by atoms with van der Waals surface area (Å²) in [4.78, 5) is 26.7. The maximum atomic E-state index is 12.9. The van der Waals surface area contributed by atoms with Crippen molar-refractivity contribution in [2.75, 3.05) is 12.4 Å². The van der Waals surface area contributed by atoms with E-state index in [9.17, 15) is 9.59 Å². The number of aromatic amines is 1. The molecule has 0 radical (unpaired) electrons. The second kappa shape index (κ2) is 7.01. The van der Waals surface area contributed by atoms with Crippen molar-refractivity contribution in [2.24, 2.45) is 7.05 Å². The fourth-order valence-electron chi connectivity index (χ4n) is 3.01. The van der Waals surface area contributed by atoms with Gasteiger partial charge in [-0.15, -0.1) is 0 Å². The van der Waals surface area contributed by atoms with Crippen LogP contribution in [0, 0.1) is 0 Å². The number of aromatic nitrogens is 3. The summed E-state index contributed by atoms with van der Waals surface area (Å²) >= 11 is 3.38. The molecule has 0 saturated carbocycles.